The molecule has 1 aromatic heterocycles. The third kappa shape index (κ3) is 3.45. The van der Waals surface area contributed by atoms with Crippen LogP contribution in [0, 0.1) is 23.0 Å². The van der Waals surface area contributed by atoms with E-state index in [1.165, 1.54) is 12.6 Å². The van der Waals surface area contributed by atoms with Crippen LogP contribution in [-0.4, -0.2) is 40.5 Å². The zero-order chi connectivity index (χ0) is 14.7. The number of nitro groups is 1. The lowest BCUT2D eigenvalue weighted by Gasteiger charge is -2.20. The molecule has 1 aliphatic rings. The topological polar surface area (TPSA) is 71.3 Å². The average Bonchev–Trinajstić information content (AvgIpc) is 2.86. The number of pyridine rings is 1. The van der Waals surface area contributed by atoms with E-state index in [0.29, 0.717) is 12.0 Å². The second-order valence-corrected chi connectivity index (χ2v) is 5.74. The first-order valence-corrected chi connectivity index (χ1v) is 7.06. The van der Waals surface area contributed by atoms with E-state index >= 15 is 0 Å². The number of hydrogen-bond acceptors (Lipinski definition) is 5. The molecule has 2 heterocycles. The number of aromatic nitrogens is 1. The van der Waals surface area contributed by atoms with Crippen LogP contribution in [0.15, 0.2) is 12.3 Å². The Morgan fingerprint density at radius 2 is 2.35 bits per heavy atom. The fourth-order valence-corrected chi connectivity index (χ4v) is 2.58. The number of likely N-dealkylation sites (tertiary alicyclic amines) is 1. The third-order valence-electron chi connectivity index (χ3n) is 3.88. The number of nitrogens with zero attached hydrogens (tertiary/aromatic N) is 3. The van der Waals surface area contributed by atoms with Gasteiger partial charge in [-0.15, -0.1) is 0 Å². The summed E-state index contributed by atoms with van der Waals surface area (Å²) in [5, 5.41) is 14.0. The minimum Gasteiger partial charge on any atom is -0.370 e. The van der Waals surface area contributed by atoms with E-state index in [9.17, 15) is 10.1 Å². The molecule has 110 valence electrons. The monoisotopic (exact) mass is 278 g/mol. The van der Waals surface area contributed by atoms with Crippen molar-refractivity contribution in [3.05, 3.63) is 27.9 Å². The van der Waals surface area contributed by atoms with Gasteiger partial charge >= 0.3 is 0 Å². The molecule has 0 spiro atoms. The number of hydrogen-bond donors (Lipinski definition) is 1. The van der Waals surface area contributed by atoms with Gasteiger partial charge < -0.3 is 10.2 Å². The molecule has 0 amide bonds. The summed E-state index contributed by atoms with van der Waals surface area (Å²) in [5.74, 6) is 1.37. The summed E-state index contributed by atoms with van der Waals surface area (Å²) in [4.78, 5) is 16.9. The quantitative estimate of drug-likeness (QED) is 0.661. The lowest BCUT2D eigenvalue weighted by molar-refractivity contribution is -0.385. The highest BCUT2D eigenvalue weighted by Gasteiger charge is 2.24. The Labute approximate surface area is 119 Å². The second-order valence-electron chi connectivity index (χ2n) is 5.74. The van der Waals surface area contributed by atoms with E-state index in [1.807, 2.05) is 6.92 Å². The molecule has 0 radical (unpaired) electrons. The Kier molecular flexibility index (Phi) is 4.54. The molecule has 0 saturated carbocycles. The summed E-state index contributed by atoms with van der Waals surface area (Å²) in [5.41, 5.74) is 0.859. The van der Waals surface area contributed by atoms with E-state index in [4.69, 9.17) is 0 Å². The summed E-state index contributed by atoms with van der Waals surface area (Å²) in [6.07, 6.45) is 2.50. The van der Waals surface area contributed by atoms with E-state index in [-0.39, 0.29) is 5.69 Å². The van der Waals surface area contributed by atoms with Crippen LogP contribution in [0.2, 0.25) is 0 Å². The molecule has 0 aromatic carbocycles. The predicted octanol–water partition coefficient (Wildman–Crippen LogP) is 2.44. The molecule has 0 bridgehead atoms. The zero-order valence-corrected chi connectivity index (χ0v) is 12.3. The standard InChI is InChI=1S/C14H22N4O2/c1-10(2)17-5-4-12(9-17)7-15-14-11(3)6-13(8-16-14)18(19)20/h6,8,10,12H,4-5,7,9H2,1-3H3,(H,15,16). The largest absolute Gasteiger partial charge is 0.370 e. The first kappa shape index (κ1) is 14.7. The molecule has 6 heteroatoms. The van der Waals surface area contributed by atoms with Gasteiger partial charge in [0.25, 0.3) is 5.69 Å². The van der Waals surface area contributed by atoms with Crippen molar-refractivity contribution >= 4 is 11.5 Å². The Bertz CT molecular complexity index is 490. The van der Waals surface area contributed by atoms with Crippen LogP contribution in [0.5, 0.6) is 0 Å². The fraction of sp³-hybridized carbons (Fsp3) is 0.643. The van der Waals surface area contributed by atoms with E-state index in [1.54, 1.807) is 6.07 Å². The molecule has 1 unspecified atom stereocenters. The zero-order valence-electron chi connectivity index (χ0n) is 12.3. The highest BCUT2D eigenvalue weighted by molar-refractivity contribution is 5.48. The number of anilines is 1. The average molecular weight is 278 g/mol. The predicted molar refractivity (Wildman–Crippen MR) is 78.9 cm³/mol. The third-order valence-corrected chi connectivity index (χ3v) is 3.88. The van der Waals surface area contributed by atoms with Crippen molar-refractivity contribution in [2.75, 3.05) is 25.0 Å². The van der Waals surface area contributed by atoms with Gasteiger partial charge in [0.05, 0.1) is 4.92 Å². The molecular formula is C14H22N4O2. The van der Waals surface area contributed by atoms with Crippen molar-refractivity contribution < 1.29 is 4.92 Å². The van der Waals surface area contributed by atoms with Gasteiger partial charge in [-0.3, -0.25) is 10.1 Å². The van der Waals surface area contributed by atoms with Gasteiger partial charge in [-0.05, 0) is 45.2 Å². The maximum absolute atomic E-state index is 10.7. The Morgan fingerprint density at radius 1 is 1.60 bits per heavy atom. The van der Waals surface area contributed by atoms with Crippen LogP contribution in [0.4, 0.5) is 11.5 Å². The molecule has 1 N–H and O–H groups in total. The Morgan fingerprint density at radius 3 is 2.90 bits per heavy atom. The van der Waals surface area contributed by atoms with E-state index in [0.717, 1.165) is 31.0 Å². The molecule has 1 aliphatic heterocycles. The van der Waals surface area contributed by atoms with Gasteiger partial charge in [0.15, 0.2) is 0 Å². The Hall–Kier alpha value is -1.69. The van der Waals surface area contributed by atoms with Gasteiger partial charge in [-0.2, -0.15) is 0 Å². The SMILES string of the molecule is Cc1cc([N+](=O)[O-])cnc1NCC1CCN(C(C)C)C1. The number of aryl methyl sites for hydroxylation is 1. The Balaban J connectivity index is 1.90. The van der Waals surface area contributed by atoms with Crippen molar-refractivity contribution in [1.82, 2.24) is 9.88 Å². The highest BCUT2D eigenvalue weighted by atomic mass is 16.6. The molecular weight excluding hydrogens is 256 g/mol. The minimum absolute atomic E-state index is 0.0416. The van der Waals surface area contributed by atoms with Crippen LogP contribution in [-0.2, 0) is 0 Å². The molecule has 2 rings (SSSR count). The van der Waals surface area contributed by atoms with Crippen molar-refractivity contribution in [3.8, 4) is 0 Å². The summed E-state index contributed by atoms with van der Waals surface area (Å²) in [6, 6.07) is 2.16. The summed E-state index contributed by atoms with van der Waals surface area (Å²) < 4.78 is 0. The molecule has 1 aromatic rings. The smallest absolute Gasteiger partial charge is 0.287 e. The molecule has 1 saturated heterocycles. The van der Waals surface area contributed by atoms with Crippen LogP contribution in [0.3, 0.4) is 0 Å². The van der Waals surface area contributed by atoms with Crippen LogP contribution in [0.25, 0.3) is 0 Å². The number of nitrogens with one attached hydrogen (secondary N) is 1. The second kappa shape index (κ2) is 6.17. The van der Waals surface area contributed by atoms with Crippen molar-refractivity contribution in [2.45, 2.75) is 33.2 Å². The van der Waals surface area contributed by atoms with Gasteiger partial charge in [0.1, 0.15) is 12.0 Å². The molecule has 6 nitrogen and oxygen atoms in total. The highest BCUT2D eigenvalue weighted by Crippen LogP contribution is 2.21. The maximum atomic E-state index is 10.7. The summed E-state index contributed by atoms with van der Waals surface area (Å²) in [6.45, 7) is 9.41. The van der Waals surface area contributed by atoms with Gasteiger partial charge in [-0.1, -0.05) is 0 Å². The first-order chi connectivity index (χ1) is 9.47. The van der Waals surface area contributed by atoms with E-state index < -0.39 is 4.92 Å². The first-order valence-electron chi connectivity index (χ1n) is 7.06. The fourth-order valence-electron chi connectivity index (χ4n) is 2.58. The summed E-state index contributed by atoms with van der Waals surface area (Å²) >= 11 is 0. The van der Waals surface area contributed by atoms with Crippen LogP contribution in [0.1, 0.15) is 25.8 Å². The molecule has 20 heavy (non-hydrogen) atoms. The van der Waals surface area contributed by atoms with Crippen LogP contribution >= 0.6 is 0 Å². The van der Waals surface area contributed by atoms with Gasteiger partial charge in [0, 0.05) is 25.2 Å². The summed E-state index contributed by atoms with van der Waals surface area (Å²) in [7, 11) is 0. The van der Waals surface area contributed by atoms with Gasteiger partial charge in [-0.25, -0.2) is 4.98 Å². The van der Waals surface area contributed by atoms with Crippen LogP contribution < -0.4 is 5.32 Å². The normalized spacial score (nSPS) is 19.5. The lowest BCUT2D eigenvalue weighted by Crippen LogP contribution is -2.29. The minimum atomic E-state index is -0.415. The van der Waals surface area contributed by atoms with E-state index in [2.05, 4.69) is 29.0 Å². The lowest BCUT2D eigenvalue weighted by atomic mass is 10.1. The molecule has 0 aliphatic carbocycles. The van der Waals surface area contributed by atoms with Crippen molar-refractivity contribution in [2.24, 2.45) is 5.92 Å². The maximum Gasteiger partial charge on any atom is 0.287 e. The van der Waals surface area contributed by atoms with Crippen molar-refractivity contribution in [1.29, 1.82) is 0 Å². The molecule has 1 fully saturated rings. The van der Waals surface area contributed by atoms with Gasteiger partial charge in [0.2, 0.25) is 0 Å². The molecule has 1 atom stereocenters. The number of rotatable bonds is 5. The van der Waals surface area contributed by atoms with Crippen molar-refractivity contribution in [3.63, 3.8) is 0 Å².